The summed E-state index contributed by atoms with van der Waals surface area (Å²) in [5.41, 5.74) is 1.76. The maximum absolute atomic E-state index is 12.1. The van der Waals surface area contributed by atoms with Gasteiger partial charge in [-0.05, 0) is 36.6 Å². The molecule has 0 heterocycles. The zero-order chi connectivity index (χ0) is 16.7. The molecule has 23 heavy (non-hydrogen) atoms. The molecule has 0 spiro atoms. The Balaban J connectivity index is 1.84. The summed E-state index contributed by atoms with van der Waals surface area (Å²) >= 11 is 0. The van der Waals surface area contributed by atoms with Gasteiger partial charge in [-0.15, -0.1) is 0 Å². The molecule has 1 amide bonds. The largest absolute Gasteiger partial charge is 0.497 e. The predicted octanol–water partition coefficient (Wildman–Crippen LogP) is 2.87. The monoisotopic (exact) mass is 313 g/mol. The Hall–Kier alpha value is -2.33. The van der Waals surface area contributed by atoms with Gasteiger partial charge in [0, 0.05) is 6.04 Å². The Bertz CT molecular complexity index is 628. The number of ether oxygens (including phenoxy) is 1. The van der Waals surface area contributed by atoms with Crippen LogP contribution in [0.25, 0.3) is 0 Å². The number of carbonyl (C=O) groups excluding carboxylic acids is 1. The lowest BCUT2D eigenvalue weighted by Gasteiger charge is -2.18. The minimum Gasteiger partial charge on any atom is -0.497 e. The molecule has 0 aliphatic carbocycles. The van der Waals surface area contributed by atoms with Crippen LogP contribution in [0.1, 0.15) is 30.6 Å². The van der Waals surface area contributed by atoms with Crippen molar-refractivity contribution >= 4 is 5.91 Å². The molecule has 2 aromatic rings. The standard InChI is InChI=1S/C19H23NO3/c1-14(11-18(21)16-8-4-3-5-9-16)20-19(22)13-15-7-6-10-17(12-15)23-2/h3-10,12,14,18,21H,11,13H2,1-2H3,(H,20,22)/t14-,18-/m0/s1. The summed E-state index contributed by atoms with van der Waals surface area (Å²) in [7, 11) is 1.60. The number of nitrogens with one attached hydrogen (secondary N) is 1. The molecule has 0 aliphatic heterocycles. The molecule has 0 saturated heterocycles. The van der Waals surface area contributed by atoms with E-state index in [1.165, 1.54) is 0 Å². The predicted molar refractivity (Wildman–Crippen MR) is 90.3 cm³/mol. The van der Waals surface area contributed by atoms with Crippen molar-refractivity contribution in [3.63, 3.8) is 0 Å². The Kier molecular flexibility index (Phi) is 6.18. The van der Waals surface area contributed by atoms with Crippen molar-refractivity contribution in [2.45, 2.75) is 31.9 Å². The zero-order valence-corrected chi connectivity index (χ0v) is 13.5. The summed E-state index contributed by atoms with van der Waals surface area (Å²) in [6.45, 7) is 1.90. The zero-order valence-electron chi connectivity index (χ0n) is 13.5. The third kappa shape index (κ3) is 5.42. The number of aliphatic hydroxyl groups excluding tert-OH is 1. The molecule has 0 fully saturated rings. The second kappa shape index (κ2) is 8.34. The number of carbonyl (C=O) groups is 1. The fourth-order valence-corrected chi connectivity index (χ4v) is 2.50. The van der Waals surface area contributed by atoms with Crippen molar-refractivity contribution in [3.05, 3.63) is 65.7 Å². The van der Waals surface area contributed by atoms with E-state index in [1.54, 1.807) is 7.11 Å². The number of rotatable bonds is 7. The van der Waals surface area contributed by atoms with Gasteiger partial charge < -0.3 is 15.2 Å². The summed E-state index contributed by atoms with van der Waals surface area (Å²) in [5.74, 6) is 0.675. The normalized spacial score (nSPS) is 13.2. The molecule has 0 unspecified atom stereocenters. The van der Waals surface area contributed by atoms with Crippen molar-refractivity contribution < 1.29 is 14.6 Å². The number of aliphatic hydroxyl groups is 1. The lowest BCUT2D eigenvalue weighted by atomic mass is 10.0. The van der Waals surface area contributed by atoms with E-state index in [0.29, 0.717) is 12.8 Å². The smallest absolute Gasteiger partial charge is 0.224 e. The van der Waals surface area contributed by atoms with Crippen LogP contribution in [0.4, 0.5) is 0 Å². The molecule has 4 heteroatoms. The molecule has 2 aromatic carbocycles. The van der Waals surface area contributed by atoms with Crippen molar-refractivity contribution in [1.29, 1.82) is 0 Å². The number of hydrogen-bond acceptors (Lipinski definition) is 3. The average Bonchev–Trinajstić information content (AvgIpc) is 2.55. The van der Waals surface area contributed by atoms with Crippen molar-refractivity contribution in [1.82, 2.24) is 5.32 Å². The van der Waals surface area contributed by atoms with Gasteiger partial charge in [0.15, 0.2) is 0 Å². The molecule has 0 radical (unpaired) electrons. The lowest BCUT2D eigenvalue weighted by molar-refractivity contribution is -0.121. The Morgan fingerprint density at radius 3 is 2.61 bits per heavy atom. The van der Waals surface area contributed by atoms with E-state index in [0.717, 1.165) is 16.9 Å². The van der Waals surface area contributed by atoms with Crippen LogP contribution in [-0.2, 0) is 11.2 Å². The number of amides is 1. The third-order valence-electron chi connectivity index (χ3n) is 3.67. The van der Waals surface area contributed by atoms with Gasteiger partial charge in [0.05, 0.1) is 19.6 Å². The van der Waals surface area contributed by atoms with Gasteiger partial charge in [-0.1, -0.05) is 42.5 Å². The topological polar surface area (TPSA) is 58.6 Å². The van der Waals surface area contributed by atoms with Gasteiger partial charge in [0.25, 0.3) is 0 Å². The number of hydrogen-bond donors (Lipinski definition) is 2. The summed E-state index contributed by atoms with van der Waals surface area (Å²) in [4.78, 5) is 12.1. The van der Waals surface area contributed by atoms with Crippen LogP contribution in [0, 0.1) is 0 Å². The first-order valence-electron chi connectivity index (χ1n) is 7.74. The van der Waals surface area contributed by atoms with Crippen molar-refractivity contribution in [2.75, 3.05) is 7.11 Å². The van der Waals surface area contributed by atoms with Crippen LogP contribution in [0.15, 0.2) is 54.6 Å². The van der Waals surface area contributed by atoms with Gasteiger partial charge in [-0.3, -0.25) is 4.79 Å². The molecule has 2 rings (SSSR count). The van der Waals surface area contributed by atoms with Crippen molar-refractivity contribution in [3.8, 4) is 5.75 Å². The lowest BCUT2D eigenvalue weighted by Crippen LogP contribution is -2.34. The molecule has 122 valence electrons. The maximum Gasteiger partial charge on any atom is 0.224 e. The molecule has 0 bridgehead atoms. The molecular weight excluding hydrogens is 290 g/mol. The highest BCUT2D eigenvalue weighted by Crippen LogP contribution is 2.18. The molecular formula is C19H23NO3. The van der Waals surface area contributed by atoms with Gasteiger partial charge in [0.1, 0.15) is 5.75 Å². The number of methoxy groups -OCH3 is 1. The van der Waals surface area contributed by atoms with E-state index < -0.39 is 6.10 Å². The van der Waals surface area contributed by atoms with E-state index in [4.69, 9.17) is 4.74 Å². The van der Waals surface area contributed by atoms with E-state index in [9.17, 15) is 9.90 Å². The van der Waals surface area contributed by atoms with Crippen LogP contribution in [-0.4, -0.2) is 24.2 Å². The highest BCUT2D eigenvalue weighted by Gasteiger charge is 2.14. The van der Waals surface area contributed by atoms with E-state index in [1.807, 2.05) is 61.5 Å². The quantitative estimate of drug-likeness (QED) is 0.826. The fourth-order valence-electron chi connectivity index (χ4n) is 2.50. The minimum absolute atomic E-state index is 0.0639. The summed E-state index contributed by atoms with van der Waals surface area (Å²) in [6.07, 6.45) is 0.194. The first-order valence-corrected chi connectivity index (χ1v) is 7.74. The van der Waals surface area contributed by atoms with Gasteiger partial charge in [0.2, 0.25) is 5.91 Å². The van der Waals surface area contributed by atoms with Crippen LogP contribution < -0.4 is 10.1 Å². The molecule has 4 nitrogen and oxygen atoms in total. The summed E-state index contributed by atoms with van der Waals surface area (Å²) < 4.78 is 5.15. The Morgan fingerprint density at radius 2 is 1.91 bits per heavy atom. The Morgan fingerprint density at radius 1 is 1.17 bits per heavy atom. The van der Waals surface area contributed by atoms with Gasteiger partial charge in [-0.2, -0.15) is 0 Å². The highest BCUT2D eigenvalue weighted by atomic mass is 16.5. The van der Waals surface area contributed by atoms with Crippen molar-refractivity contribution in [2.24, 2.45) is 0 Å². The molecule has 0 aliphatic rings. The second-order valence-electron chi connectivity index (χ2n) is 5.66. The average molecular weight is 313 g/mol. The molecule has 0 aromatic heterocycles. The highest BCUT2D eigenvalue weighted by molar-refractivity contribution is 5.78. The molecule has 0 saturated carbocycles. The summed E-state index contributed by atoms with van der Waals surface area (Å²) in [5, 5.41) is 13.1. The fraction of sp³-hybridized carbons (Fsp3) is 0.316. The Labute approximate surface area is 137 Å². The van der Waals surface area contributed by atoms with E-state index in [2.05, 4.69) is 5.32 Å². The SMILES string of the molecule is COc1cccc(CC(=O)N[C@@H](C)C[C@H](O)c2ccccc2)c1. The minimum atomic E-state index is -0.580. The van der Waals surface area contributed by atoms with Crippen LogP contribution in [0.2, 0.25) is 0 Å². The first-order chi connectivity index (χ1) is 11.1. The molecule has 2 N–H and O–H groups in total. The number of benzene rings is 2. The summed E-state index contributed by atoms with van der Waals surface area (Å²) in [6, 6.07) is 16.8. The van der Waals surface area contributed by atoms with E-state index >= 15 is 0 Å². The van der Waals surface area contributed by atoms with Gasteiger partial charge in [-0.25, -0.2) is 0 Å². The maximum atomic E-state index is 12.1. The first kappa shape index (κ1) is 17.0. The molecule has 2 atom stereocenters. The van der Waals surface area contributed by atoms with Gasteiger partial charge >= 0.3 is 0 Å². The third-order valence-corrected chi connectivity index (χ3v) is 3.67. The van der Waals surface area contributed by atoms with Crippen LogP contribution in [0.5, 0.6) is 5.75 Å². The van der Waals surface area contributed by atoms with Crippen LogP contribution in [0.3, 0.4) is 0 Å². The van der Waals surface area contributed by atoms with E-state index in [-0.39, 0.29) is 11.9 Å². The van der Waals surface area contributed by atoms with Crippen LogP contribution >= 0.6 is 0 Å². The second-order valence-corrected chi connectivity index (χ2v) is 5.66.